The molecule has 1 fully saturated rings. The molecule has 3 rings (SSSR count). The highest BCUT2D eigenvalue weighted by Gasteiger charge is 2.43. The van der Waals surface area contributed by atoms with Gasteiger partial charge in [0.25, 0.3) is 0 Å². The summed E-state index contributed by atoms with van der Waals surface area (Å²) in [5.41, 5.74) is 2.02. The van der Waals surface area contributed by atoms with Crippen LogP contribution in [0.25, 0.3) is 0 Å². The lowest BCUT2D eigenvalue weighted by molar-refractivity contribution is 0.0597. The second-order valence-electron chi connectivity index (χ2n) is 5.65. The van der Waals surface area contributed by atoms with E-state index in [0.717, 1.165) is 24.1 Å². The zero-order valence-electron chi connectivity index (χ0n) is 12.6. The molecule has 1 aliphatic heterocycles. The van der Waals surface area contributed by atoms with Gasteiger partial charge in [-0.2, -0.15) is 0 Å². The van der Waals surface area contributed by atoms with Gasteiger partial charge < -0.3 is 19.4 Å². The van der Waals surface area contributed by atoms with Crippen LogP contribution in [0.2, 0.25) is 0 Å². The summed E-state index contributed by atoms with van der Waals surface area (Å²) in [6.45, 7) is 0.166. The van der Waals surface area contributed by atoms with E-state index in [1.54, 1.807) is 12.1 Å². The minimum absolute atomic E-state index is 0.0239. The number of methoxy groups -OCH3 is 2. The molecule has 1 aliphatic carbocycles. The van der Waals surface area contributed by atoms with Crippen molar-refractivity contribution >= 4 is 11.7 Å². The van der Waals surface area contributed by atoms with E-state index >= 15 is 0 Å². The molecule has 3 atom stereocenters. The van der Waals surface area contributed by atoms with E-state index < -0.39 is 5.97 Å². The van der Waals surface area contributed by atoms with E-state index in [1.807, 2.05) is 6.07 Å². The Balaban J connectivity index is 1.91. The van der Waals surface area contributed by atoms with Gasteiger partial charge in [0.05, 0.1) is 19.9 Å². The predicted molar refractivity (Wildman–Crippen MR) is 79.0 cm³/mol. The zero-order valence-corrected chi connectivity index (χ0v) is 12.6. The number of hydrogen-bond donors (Lipinski definition) is 1. The fourth-order valence-corrected chi connectivity index (χ4v) is 3.25. The van der Waals surface area contributed by atoms with Crippen molar-refractivity contribution in [3.63, 3.8) is 0 Å². The first-order valence-electron chi connectivity index (χ1n) is 7.29. The van der Waals surface area contributed by atoms with E-state index in [9.17, 15) is 9.90 Å². The largest absolute Gasteiger partial charge is 0.496 e. The molecule has 6 heteroatoms. The Kier molecular flexibility index (Phi) is 4.02. The standard InChI is InChI=1S/C16H19NO5/c1-20-13-4-3-10(7-12(13)16(19)21-2)15-11-5-9(8-18)6-14(11)22-17-15/h3-4,7,9,11,14,18H,5-6,8H2,1-2H3. The second kappa shape index (κ2) is 5.96. The lowest BCUT2D eigenvalue weighted by Crippen LogP contribution is -2.18. The van der Waals surface area contributed by atoms with Gasteiger partial charge in [0.2, 0.25) is 0 Å². The van der Waals surface area contributed by atoms with Crippen molar-refractivity contribution < 1.29 is 24.2 Å². The van der Waals surface area contributed by atoms with Crippen molar-refractivity contribution in [1.82, 2.24) is 0 Å². The van der Waals surface area contributed by atoms with Crippen molar-refractivity contribution in [3.8, 4) is 5.75 Å². The Bertz CT molecular complexity index is 613. The van der Waals surface area contributed by atoms with Crippen molar-refractivity contribution in [3.05, 3.63) is 29.3 Å². The first-order valence-corrected chi connectivity index (χ1v) is 7.29. The number of nitrogens with zero attached hydrogens (tertiary/aromatic N) is 1. The summed E-state index contributed by atoms with van der Waals surface area (Å²) in [7, 11) is 2.85. The number of oxime groups is 1. The quantitative estimate of drug-likeness (QED) is 0.855. The van der Waals surface area contributed by atoms with Crippen LogP contribution in [0.4, 0.5) is 0 Å². The smallest absolute Gasteiger partial charge is 0.341 e. The van der Waals surface area contributed by atoms with Crippen LogP contribution >= 0.6 is 0 Å². The zero-order chi connectivity index (χ0) is 15.7. The third-order valence-corrected chi connectivity index (χ3v) is 4.40. The molecule has 1 aromatic rings. The third kappa shape index (κ3) is 2.43. The Morgan fingerprint density at radius 2 is 2.23 bits per heavy atom. The van der Waals surface area contributed by atoms with Gasteiger partial charge >= 0.3 is 5.97 Å². The summed E-state index contributed by atoms with van der Waals surface area (Å²) >= 11 is 0. The molecular formula is C16H19NO5. The molecule has 3 unspecified atom stereocenters. The Morgan fingerprint density at radius 3 is 2.91 bits per heavy atom. The molecule has 1 heterocycles. The lowest BCUT2D eigenvalue weighted by Gasteiger charge is -2.12. The van der Waals surface area contributed by atoms with E-state index in [0.29, 0.717) is 11.3 Å². The number of aliphatic hydroxyl groups is 1. The van der Waals surface area contributed by atoms with Gasteiger partial charge in [-0.3, -0.25) is 0 Å². The molecule has 1 N–H and O–H groups in total. The summed E-state index contributed by atoms with van der Waals surface area (Å²) in [4.78, 5) is 17.4. The molecule has 1 saturated carbocycles. The summed E-state index contributed by atoms with van der Waals surface area (Å²) in [5.74, 6) is 0.426. The molecule has 0 aromatic heterocycles. The van der Waals surface area contributed by atoms with Gasteiger partial charge in [0, 0.05) is 18.1 Å². The molecular weight excluding hydrogens is 286 g/mol. The van der Waals surface area contributed by atoms with Crippen molar-refractivity contribution in [2.45, 2.75) is 18.9 Å². The molecule has 118 valence electrons. The molecule has 22 heavy (non-hydrogen) atoms. The van der Waals surface area contributed by atoms with E-state index in [2.05, 4.69) is 5.16 Å². The minimum atomic E-state index is -0.450. The Hall–Kier alpha value is -2.08. The van der Waals surface area contributed by atoms with Crippen LogP contribution in [0.15, 0.2) is 23.4 Å². The molecule has 0 amide bonds. The molecule has 0 spiro atoms. The molecule has 2 aliphatic rings. The van der Waals surface area contributed by atoms with Gasteiger partial charge in [-0.15, -0.1) is 0 Å². The number of benzene rings is 1. The van der Waals surface area contributed by atoms with Gasteiger partial charge in [-0.1, -0.05) is 5.16 Å². The number of hydrogen-bond acceptors (Lipinski definition) is 6. The van der Waals surface area contributed by atoms with Crippen LogP contribution in [-0.2, 0) is 9.57 Å². The lowest BCUT2D eigenvalue weighted by atomic mass is 9.92. The topological polar surface area (TPSA) is 77.4 Å². The maximum Gasteiger partial charge on any atom is 0.341 e. The molecule has 0 bridgehead atoms. The van der Waals surface area contributed by atoms with Gasteiger partial charge in [-0.25, -0.2) is 4.79 Å². The first kappa shape index (κ1) is 14.8. The average molecular weight is 305 g/mol. The van der Waals surface area contributed by atoms with Gasteiger partial charge in [0.15, 0.2) is 0 Å². The van der Waals surface area contributed by atoms with E-state index in [4.69, 9.17) is 14.3 Å². The van der Waals surface area contributed by atoms with E-state index in [1.165, 1.54) is 14.2 Å². The number of carbonyl (C=O) groups is 1. The van der Waals surface area contributed by atoms with Crippen molar-refractivity contribution in [2.75, 3.05) is 20.8 Å². The summed E-state index contributed by atoms with van der Waals surface area (Å²) < 4.78 is 10.00. The number of esters is 1. The summed E-state index contributed by atoms with van der Waals surface area (Å²) in [6, 6.07) is 5.32. The average Bonchev–Trinajstić information content (AvgIpc) is 3.13. The number of aliphatic hydroxyl groups excluding tert-OH is 1. The third-order valence-electron chi connectivity index (χ3n) is 4.40. The van der Waals surface area contributed by atoms with Crippen LogP contribution < -0.4 is 4.74 Å². The van der Waals surface area contributed by atoms with Gasteiger partial charge in [-0.05, 0) is 37.0 Å². The Morgan fingerprint density at radius 1 is 1.41 bits per heavy atom. The number of fused-ring (bicyclic) bond motifs is 1. The highest BCUT2D eigenvalue weighted by atomic mass is 16.6. The van der Waals surface area contributed by atoms with Crippen LogP contribution in [0.5, 0.6) is 5.75 Å². The summed E-state index contributed by atoms with van der Waals surface area (Å²) in [6.07, 6.45) is 1.68. The van der Waals surface area contributed by atoms with Crippen LogP contribution in [-0.4, -0.2) is 43.7 Å². The second-order valence-corrected chi connectivity index (χ2v) is 5.65. The monoisotopic (exact) mass is 305 g/mol. The first-order chi connectivity index (χ1) is 10.7. The fourth-order valence-electron chi connectivity index (χ4n) is 3.25. The Labute approximate surface area is 128 Å². The summed E-state index contributed by atoms with van der Waals surface area (Å²) in [5, 5.41) is 13.5. The molecule has 6 nitrogen and oxygen atoms in total. The fraction of sp³-hybridized carbons (Fsp3) is 0.500. The maximum absolute atomic E-state index is 11.9. The van der Waals surface area contributed by atoms with Crippen molar-refractivity contribution in [1.29, 1.82) is 0 Å². The number of ether oxygens (including phenoxy) is 2. The van der Waals surface area contributed by atoms with Crippen LogP contribution in [0.3, 0.4) is 0 Å². The van der Waals surface area contributed by atoms with Crippen LogP contribution in [0.1, 0.15) is 28.8 Å². The van der Waals surface area contributed by atoms with E-state index in [-0.39, 0.29) is 24.5 Å². The molecule has 0 radical (unpaired) electrons. The SMILES string of the molecule is COC(=O)c1cc(C2=NOC3CC(CO)CC23)ccc1OC. The normalized spacial score (nSPS) is 26.1. The predicted octanol–water partition coefficient (Wildman–Crippen LogP) is 1.60. The van der Waals surface area contributed by atoms with Gasteiger partial charge in [0.1, 0.15) is 17.4 Å². The minimum Gasteiger partial charge on any atom is -0.496 e. The molecule has 0 saturated heterocycles. The molecule has 1 aromatic carbocycles. The number of carbonyl (C=O) groups excluding carboxylic acids is 1. The maximum atomic E-state index is 11.9. The van der Waals surface area contributed by atoms with Crippen LogP contribution in [0, 0.1) is 11.8 Å². The highest BCUT2D eigenvalue weighted by Crippen LogP contribution is 2.40. The van der Waals surface area contributed by atoms with Crippen molar-refractivity contribution in [2.24, 2.45) is 17.0 Å². The number of rotatable bonds is 4. The highest BCUT2D eigenvalue weighted by molar-refractivity contribution is 6.05.